The summed E-state index contributed by atoms with van der Waals surface area (Å²) in [6.07, 6.45) is 1.79. The Kier molecular flexibility index (Phi) is 5.12. The molecule has 0 unspecified atom stereocenters. The number of carbonyl (C=O) groups excluding carboxylic acids is 1. The zero-order valence-corrected chi connectivity index (χ0v) is 13.1. The summed E-state index contributed by atoms with van der Waals surface area (Å²) < 4.78 is 6.37. The molecule has 5 nitrogen and oxygen atoms in total. The van der Waals surface area contributed by atoms with Crippen LogP contribution in [0.4, 0.5) is 0 Å². The van der Waals surface area contributed by atoms with Crippen molar-refractivity contribution in [1.29, 1.82) is 0 Å². The molecule has 0 radical (unpaired) electrons. The van der Waals surface area contributed by atoms with Crippen molar-refractivity contribution in [3.8, 4) is 11.1 Å². The van der Waals surface area contributed by atoms with Gasteiger partial charge in [-0.25, -0.2) is 4.79 Å². The number of methoxy groups -OCH3 is 1. The monoisotopic (exact) mass is 300 g/mol. The van der Waals surface area contributed by atoms with Crippen LogP contribution in [0.2, 0.25) is 0 Å². The van der Waals surface area contributed by atoms with Gasteiger partial charge in [-0.3, -0.25) is 4.79 Å². The molecule has 2 aromatic rings. The minimum atomic E-state index is -0.386. The lowest BCUT2D eigenvalue weighted by atomic mass is 10.1. The Balaban J connectivity index is 2.31. The van der Waals surface area contributed by atoms with Crippen molar-refractivity contribution in [3.63, 3.8) is 0 Å². The first-order valence-electron chi connectivity index (χ1n) is 7.06. The molecule has 0 atom stereocenters. The molecule has 1 heterocycles. The maximum atomic E-state index is 12.5. The van der Waals surface area contributed by atoms with Gasteiger partial charge in [-0.2, -0.15) is 0 Å². The standard InChI is InChI=1S/C17H20N2O3/c1-18(2)11-12-19-10-4-5-15(16(19)20)13-6-8-14(9-7-13)17(21)22-3/h4-10H,11-12H2,1-3H3. The molecule has 2 rings (SSSR count). The summed E-state index contributed by atoms with van der Waals surface area (Å²) in [7, 11) is 5.29. The van der Waals surface area contributed by atoms with E-state index in [1.807, 2.05) is 25.1 Å². The number of pyridine rings is 1. The molecular formula is C17H20N2O3. The first-order valence-corrected chi connectivity index (χ1v) is 7.06. The molecule has 116 valence electrons. The zero-order chi connectivity index (χ0) is 16.1. The quantitative estimate of drug-likeness (QED) is 0.791. The molecule has 0 saturated carbocycles. The van der Waals surface area contributed by atoms with Gasteiger partial charge >= 0.3 is 5.97 Å². The van der Waals surface area contributed by atoms with Gasteiger partial charge in [0.1, 0.15) is 0 Å². The predicted octanol–water partition coefficient (Wildman–Crippen LogP) is 1.86. The lowest BCUT2D eigenvalue weighted by Crippen LogP contribution is -2.26. The van der Waals surface area contributed by atoms with E-state index in [-0.39, 0.29) is 11.5 Å². The molecule has 0 aliphatic heterocycles. The van der Waals surface area contributed by atoms with Crippen LogP contribution in [-0.2, 0) is 11.3 Å². The largest absolute Gasteiger partial charge is 0.465 e. The van der Waals surface area contributed by atoms with Gasteiger partial charge in [0.15, 0.2) is 0 Å². The Labute approximate surface area is 129 Å². The number of esters is 1. The minimum absolute atomic E-state index is 0.0323. The first kappa shape index (κ1) is 16.0. The molecule has 1 aromatic carbocycles. The fourth-order valence-electron chi connectivity index (χ4n) is 2.14. The summed E-state index contributed by atoms with van der Waals surface area (Å²) in [6, 6.07) is 10.5. The number of rotatable bonds is 5. The van der Waals surface area contributed by atoms with Gasteiger partial charge in [-0.05, 0) is 43.9 Å². The molecule has 0 fully saturated rings. The molecule has 0 bridgehead atoms. The topological polar surface area (TPSA) is 51.5 Å². The molecule has 0 N–H and O–H groups in total. The number of nitrogens with zero attached hydrogens (tertiary/aromatic N) is 2. The number of hydrogen-bond donors (Lipinski definition) is 0. The van der Waals surface area contributed by atoms with Crippen molar-refractivity contribution < 1.29 is 9.53 Å². The third kappa shape index (κ3) is 3.62. The van der Waals surface area contributed by atoms with E-state index >= 15 is 0 Å². The molecular weight excluding hydrogens is 280 g/mol. The van der Waals surface area contributed by atoms with Crippen LogP contribution in [0.25, 0.3) is 11.1 Å². The Morgan fingerprint density at radius 2 is 1.86 bits per heavy atom. The van der Waals surface area contributed by atoms with Gasteiger partial charge in [0.25, 0.3) is 5.56 Å². The van der Waals surface area contributed by atoms with Gasteiger partial charge in [-0.1, -0.05) is 12.1 Å². The highest BCUT2D eigenvalue weighted by atomic mass is 16.5. The second-order valence-electron chi connectivity index (χ2n) is 5.29. The maximum absolute atomic E-state index is 12.5. The molecule has 22 heavy (non-hydrogen) atoms. The fourth-order valence-corrected chi connectivity index (χ4v) is 2.14. The van der Waals surface area contributed by atoms with E-state index in [2.05, 4.69) is 4.74 Å². The maximum Gasteiger partial charge on any atom is 0.337 e. The van der Waals surface area contributed by atoms with Crippen LogP contribution < -0.4 is 5.56 Å². The van der Waals surface area contributed by atoms with Crippen LogP contribution >= 0.6 is 0 Å². The molecule has 0 amide bonds. The summed E-state index contributed by atoms with van der Waals surface area (Å²) in [4.78, 5) is 26.0. The Bertz CT molecular complexity index is 703. The highest BCUT2D eigenvalue weighted by Gasteiger charge is 2.08. The minimum Gasteiger partial charge on any atom is -0.465 e. The Hall–Kier alpha value is -2.40. The average Bonchev–Trinajstić information content (AvgIpc) is 2.53. The number of ether oxygens (including phenoxy) is 1. The van der Waals surface area contributed by atoms with Crippen molar-refractivity contribution in [2.45, 2.75) is 6.54 Å². The van der Waals surface area contributed by atoms with Crippen molar-refractivity contribution in [2.75, 3.05) is 27.7 Å². The van der Waals surface area contributed by atoms with Crippen LogP contribution in [0, 0.1) is 0 Å². The first-order chi connectivity index (χ1) is 10.5. The molecule has 5 heteroatoms. The summed E-state index contributed by atoms with van der Waals surface area (Å²) >= 11 is 0. The molecule has 0 aliphatic carbocycles. The SMILES string of the molecule is COC(=O)c1ccc(-c2cccn(CCN(C)C)c2=O)cc1. The Morgan fingerprint density at radius 1 is 1.18 bits per heavy atom. The van der Waals surface area contributed by atoms with Crippen LogP contribution in [0.5, 0.6) is 0 Å². The normalized spacial score (nSPS) is 10.7. The van der Waals surface area contributed by atoms with E-state index in [4.69, 9.17) is 0 Å². The van der Waals surface area contributed by atoms with Crippen molar-refractivity contribution in [2.24, 2.45) is 0 Å². The Morgan fingerprint density at radius 3 is 2.45 bits per heavy atom. The molecule has 0 spiro atoms. The number of likely N-dealkylation sites (N-methyl/N-ethyl adjacent to an activating group) is 1. The van der Waals surface area contributed by atoms with Gasteiger partial charge in [0.05, 0.1) is 12.7 Å². The third-order valence-electron chi connectivity index (χ3n) is 3.43. The second-order valence-corrected chi connectivity index (χ2v) is 5.29. The van der Waals surface area contributed by atoms with E-state index in [0.717, 1.165) is 12.1 Å². The van der Waals surface area contributed by atoms with Crippen molar-refractivity contribution >= 4 is 5.97 Å². The van der Waals surface area contributed by atoms with E-state index in [1.54, 1.807) is 41.1 Å². The van der Waals surface area contributed by atoms with Gasteiger partial charge in [0.2, 0.25) is 0 Å². The molecule has 0 saturated heterocycles. The van der Waals surface area contributed by atoms with Gasteiger partial charge in [-0.15, -0.1) is 0 Å². The third-order valence-corrected chi connectivity index (χ3v) is 3.43. The summed E-state index contributed by atoms with van der Waals surface area (Å²) in [5, 5.41) is 0. The van der Waals surface area contributed by atoms with Crippen LogP contribution in [0.1, 0.15) is 10.4 Å². The highest BCUT2D eigenvalue weighted by molar-refractivity contribution is 5.89. The second kappa shape index (κ2) is 7.04. The lowest BCUT2D eigenvalue weighted by molar-refractivity contribution is 0.0601. The lowest BCUT2D eigenvalue weighted by Gasteiger charge is -2.12. The number of benzene rings is 1. The van der Waals surface area contributed by atoms with Crippen LogP contribution in [-0.4, -0.2) is 43.2 Å². The van der Waals surface area contributed by atoms with Crippen molar-refractivity contribution in [3.05, 3.63) is 58.5 Å². The van der Waals surface area contributed by atoms with Crippen molar-refractivity contribution in [1.82, 2.24) is 9.47 Å². The summed E-state index contributed by atoms with van der Waals surface area (Å²) in [5.41, 5.74) is 1.85. The van der Waals surface area contributed by atoms with Gasteiger partial charge < -0.3 is 14.2 Å². The molecule has 1 aromatic heterocycles. The van der Waals surface area contributed by atoms with E-state index in [0.29, 0.717) is 17.7 Å². The van der Waals surface area contributed by atoms with E-state index < -0.39 is 0 Å². The van der Waals surface area contributed by atoms with Crippen LogP contribution in [0.3, 0.4) is 0 Å². The summed E-state index contributed by atoms with van der Waals surface area (Å²) in [5.74, 6) is -0.386. The zero-order valence-electron chi connectivity index (χ0n) is 13.1. The number of carbonyl (C=O) groups is 1. The number of aromatic nitrogens is 1. The summed E-state index contributed by atoms with van der Waals surface area (Å²) in [6.45, 7) is 1.44. The fraction of sp³-hybridized carbons (Fsp3) is 0.294. The number of hydrogen-bond acceptors (Lipinski definition) is 4. The predicted molar refractivity (Wildman–Crippen MR) is 86.0 cm³/mol. The van der Waals surface area contributed by atoms with E-state index in [1.165, 1.54) is 7.11 Å². The highest BCUT2D eigenvalue weighted by Crippen LogP contribution is 2.16. The molecule has 0 aliphatic rings. The average molecular weight is 300 g/mol. The van der Waals surface area contributed by atoms with E-state index in [9.17, 15) is 9.59 Å². The van der Waals surface area contributed by atoms with Crippen LogP contribution in [0.15, 0.2) is 47.4 Å². The van der Waals surface area contributed by atoms with Gasteiger partial charge in [0, 0.05) is 24.8 Å². The smallest absolute Gasteiger partial charge is 0.337 e.